The molecule has 3 heterocycles. The molecule has 34 heavy (non-hydrogen) atoms. The van der Waals surface area contributed by atoms with Crippen molar-refractivity contribution in [2.24, 2.45) is 0 Å². The van der Waals surface area contributed by atoms with Crippen LogP contribution in [0.4, 0.5) is 0 Å². The summed E-state index contributed by atoms with van der Waals surface area (Å²) < 4.78 is 11.3. The average Bonchev–Trinajstić information content (AvgIpc) is 3.01. The second kappa shape index (κ2) is 10.2. The third-order valence-electron chi connectivity index (χ3n) is 6.66. The lowest BCUT2D eigenvalue weighted by atomic mass is 9.83. The number of esters is 1. The Morgan fingerprint density at radius 2 is 2.03 bits per heavy atom. The van der Waals surface area contributed by atoms with Crippen LogP contribution in [-0.2, 0) is 11.3 Å². The summed E-state index contributed by atoms with van der Waals surface area (Å²) in [6.07, 6.45) is 8.57. The molecule has 1 aliphatic carbocycles. The molecule has 0 bridgehead atoms. The lowest BCUT2D eigenvalue weighted by Crippen LogP contribution is -2.31. The molecule has 1 saturated heterocycles. The van der Waals surface area contributed by atoms with Crippen LogP contribution in [0.5, 0.6) is 5.75 Å². The SMILES string of the molecule is CCOC(=O)c1cccc(CN2CCC(=C3C4=C(C=CCC4)COc4cc(Cl)ccc43)CC2)n1. The Balaban J connectivity index is 1.38. The summed E-state index contributed by atoms with van der Waals surface area (Å²) in [6, 6.07) is 11.6. The highest BCUT2D eigenvalue weighted by Crippen LogP contribution is 2.44. The Kier molecular flexibility index (Phi) is 6.84. The van der Waals surface area contributed by atoms with Crippen molar-refractivity contribution in [2.75, 3.05) is 26.3 Å². The van der Waals surface area contributed by atoms with Crippen molar-refractivity contribution < 1.29 is 14.3 Å². The van der Waals surface area contributed by atoms with E-state index in [4.69, 9.17) is 21.1 Å². The number of carbonyl (C=O) groups is 1. The number of piperidine rings is 1. The van der Waals surface area contributed by atoms with E-state index in [9.17, 15) is 4.79 Å². The van der Waals surface area contributed by atoms with Crippen LogP contribution in [0.1, 0.15) is 54.4 Å². The Bertz CT molecular complexity index is 1190. The van der Waals surface area contributed by atoms with Crippen LogP contribution in [0.3, 0.4) is 0 Å². The summed E-state index contributed by atoms with van der Waals surface area (Å²) in [4.78, 5) is 19.0. The first-order chi connectivity index (χ1) is 16.6. The fraction of sp³-hybridized carbons (Fsp3) is 0.357. The molecule has 0 spiro atoms. The van der Waals surface area contributed by atoms with Crippen molar-refractivity contribution in [2.45, 2.75) is 39.2 Å². The van der Waals surface area contributed by atoms with E-state index in [0.717, 1.165) is 62.3 Å². The molecule has 176 valence electrons. The predicted octanol–water partition coefficient (Wildman–Crippen LogP) is 6.00. The van der Waals surface area contributed by atoms with E-state index in [1.807, 2.05) is 24.3 Å². The number of rotatable bonds is 4. The smallest absolute Gasteiger partial charge is 0.356 e. The van der Waals surface area contributed by atoms with Crippen molar-refractivity contribution >= 4 is 23.1 Å². The maximum absolute atomic E-state index is 12.0. The van der Waals surface area contributed by atoms with Crippen molar-refractivity contribution in [3.63, 3.8) is 0 Å². The van der Waals surface area contributed by atoms with E-state index in [2.05, 4.69) is 28.1 Å². The Labute approximate surface area is 205 Å². The molecule has 0 amide bonds. The van der Waals surface area contributed by atoms with Gasteiger partial charge in [-0.05, 0) is 79.7 Å². The highest BCUT2D eigenvalue weighted by molar-refractivity contribution is 6.30. The fourth-order valence-electron chi connectivity index (χ4n) is 5.03. The van der Waals surface area contributed by atoms with Crippen molar-refractivity contribution in [3.8, 4) is 5.75 Å². The molecule has 6 heteroatoms. The van der Waals surface area contributed by atoms with E-state index in [1.54, 1.807) is 13.0 Å². The second-order valence-corrected chi connectivity index (χ2v) is 9.30. The maximum Gasteiger partial charge on any atom is 0.356 e. The summed E-state index contributed by atoms with van der Waals surface area (Å²) in [5.74, 6) is 0.509. The number of pyridine rings is 1. The first-order valence-electron chi connectivity index (χ1n) is 12.0. The lowest BCUT2D eigenvalue weighted by Gasteiger charge is -2.31. The molecule has 0 radical (unpaired) electrons. The van der Waals surface area contributed by atoms with Gasteiger partial charge in [0.2, 0.25) is 0 Å². The fourth-order valence-corrected chi connectivity index (χ4v) is 5.19. The summed E-state index contributed by atoms with van der Waals surface area (Å²) in [5, 5.41) is 0.700. The number of carbonyl (C=O) groups excluding carboxylic acids is 1. The highest BCUT2D eigenvalue weighted by Gasteiger charge is 2.27. The Hall–Kier alpha value is -2.89. The monoisotopic (exact) mass is 476 g/mol. The quantitative estimate of drug-likeness (QED) is 0.506. The van der Waals surface area contributed by atoms with Gasteiger partial charge < -0.3 is 9.47 Å². The lowest BCUT2D eigenvalue weighted by molar-refractivity contribution is 0.0519. The number of allylic oxidation sites excluding steroid dienone is 3. The predicted molar refractivity (Wildman–Crippen MR) is 134 cm³/mol. The van der Waals surface area contributed by atoms with E-state index in [-0.39, 0.29) is 5.97 Å². The molecule has 1 fully saturated rings. The molecular weight excluding hydrogens is 448 g/mol. The third-order valence-corrected chi connectivity index (χ3v) is 6.89. The van der Waals surface area contributed by atoms with Gasteiger partial charge in [0.1, 0.15) is 18.1 Å². The topological polar surface area (TPSA) is 51.7 Å². The van der Waals surface area contributed by atoms with Crippen LogP contribution < -0.4 is 4.74 Å². The van der Waals surface area contributed by atoms with Crippen LogP contribution in [0.15, 0.2) is 65.3 Å². The van der Waals surface area contributed by atoms with Gasteiger partial charge in [-0.2, -0.15) is 0 Å². The Morgan fingerprint density at radius 1 is 1.18 bits per heavy atom. The third kappa shape index (κ3) is 4.82. The molecule has 5 rings (SSSR count). The molecule has 2 aromatic rings. The maximum atomic E-state index is 12.0. The van der Waals surface area contributed by atoms with Gasteiger partial charge in [0.15, 0.2) is 0 Å². The number of halogens is 1. The first kappa shape index (κ1) is 22.9. The van der Waals surface area contributed by atoms with E-state index in [0.29, 0.717) is 23.9 Å². The molecule has 5 nitrogen and oxygen atoms in total. The van der Waals surface area contributed by atoms with Crippen LogP contribution in [0.25, 0.3) is 5.57 Å². The summed E-state index contributed by atoms with van der Waals surface area (Å²) in [7, 11) is 0. The number of hydrogen-bond donors (Lipinski definition) is 0. The van der Waals surface area contributed by atoms with E-state index in [1.165, 1.54) is 22.3 Å². The molecule has 0 N–H and O–H groups in total. The molecule has 1 aromatic heterocycles. The minimum absolute atomic E-state index is 0.350. The van der Waals surface area contributed by atoms with Crippen molar-refractivity contribution in [1.29, 1.82) is 0 Å². The van der Waals surface area contributed by atoms with Gasteiger partial charge in [0.05, 0.1) is 12.3 Å². The zero-order valence-electron chi connectivity index (χ0n) is 19.5. The number of fused-ring (bicyclic) bond motifs is 1. The summed E-state index contributed by atoms with van der Waals surface area (Å²) in [5.41, 5.74) is 7.99. The van der Waals surface area contributed by atoms with Crippen molar-refractivity contribution in [3.05, 3.63) is 87.2 Å². The molecule has 0 unspecified atom stereocenters. The number of nitrogens with zero attached hydrogens (tertiary/aromatic N) is 2. The first-order valence-corrected chi connectivity index (χ1v) is 12.4. The molecular formula is C28H29ClN2O3. The second-order valence-electron chi connectivity index (χ2n) is 8.86. The van der Waals surface area contributed by atoms with E-state index < -0.39 is 0 Å². The van der Waals surface area contributed by atoms with Gasteiger partial charge in [0, 0.05) is 30.2 Å². The van der Waals surface area contributed by atoms with Crippen LogP contribution in [-0.4, -0.2) is 42.2 Å². The molecule has 2 aliphatic heterocycles. The zero-order valence-corrected chi connectivity index (χ0v) is 20.2. The summed E-state index contributed by atoms with van der Waals surface area (Å²) in [6.45, 7) is 5.37. The van der Waals surface area contributed by atoms with Crippen LogP contribution >= 0.6 is 11.6 Å². The van der Waals surface area contributed by atoms with Crippen LogP contribution in [0.2, 0.25) is 5.02 Å². The number of ether oxygens (including phenoxy) is 2. The summed E-state index contributed by atoms with van der Waals surface area (Å²) >= 11 is 6.30. The largest absolute Gasteiger partial charge is 0.488 e. The highest BCUT2D eigenvalue weighted by atomic mass is 35.5. The van der Waals surface area contributed by atoms with Gasteiger partial charge in [0.25, 0.3) is 0 Å². The van der Waals surface area contributed by atoms with Gasteiger partial charge in [-0.25, -0.2) is 9.78 Å². The van der Waals surface area contributed by atoms with Gasteiger partial charge in [-0.15, -0.1) is 0 Å². The average molecular weight is 477 g/mol. The van der Waals surface area contributed by atoms with Gasteiger partial charge >= 0.3 is 5.97 Å². The molecule has 0 atom stereocenters. The molecule has 1 aromatic carbocycles. The molecule has 0 saturated carbocycles. The van der Waals surface area contributed by atoms with Crippen LogP contribution in [0, 0.1) is 0 Å². The van der Waals surface area contributed by atoms with E-state index >= 15 is 0 Å². The standard InChI is InChI=1S/C28H29ClN2O3/c1-2-33-28(32)25-9-5-7-22(30-25)17-31-14-12-19(13-15-31)27-23-8-4-3-6-20(23)18-34-26-16-21(29)10-11-24(26)27/h3,5-7,9-11,16H,2,4,8,12-15,17-18H2,1H3. The van der Waals surface area contributed by atoms with Crippen molar-refractivity contribution in [1.82, 2.24) is 9.88 Å². The number of likely N-dealkylation sites (tertiary alicyclic amines) is 1. The number of hydrogen-bond acceptors (Lipinski definition) is 5. The molecule has 3 aliphatic rings. The number of aromatic nitrogens is 1. The Morgan fingerprint density at radius 3 is 2.85 bits per heavy atom. The van der Waals surface area contributed by atoms with Gasteiger partial charge in [-0.1, -0.05) is 35.4 Å². The minimum Gasteiger partial charge on any atom is -0.488 e. The normalized spacial score (nSPS) is 18.2. The number of benzene rings is 1. The van der Waals surface area contributed by atoms with Gasteiger partial charge in [-0.3, -0.25) is 4.90 Å². The minimum atomic E-state index is -0.366. The zero-order chi connectivity index (χ0) is 23.5.